The minimum absolute atomic E-state index is 0. The summed E-state index contributed by atoms with van der Waals surface area (Å²) in [5, 5.41) is 3.91. The van der Waals surface area contributed by atoms with Gasteiger partial charge >= 0.3 is 20.4 Å². The van der Waals surface area contributed by atoms with Crippen LogP contribution in [0.3, 0.4) is 0 Å². The summed E-state index contributed by atoms with van der Waals surface area (Å²) >= 11 is 0. The smallest absolute Gasteiger partial charge is 0.506 e. The Bertz CT molecular complexity index is 1770. The van der Waals surface area contributed by atoms with Gasteiger partial charge in [0.15, 0.2) is 0 Å². The molecule has 2 heterocycles. The van der Waals surface area contributed by atoms with Crippen molar-refractivity contribution in [2.45, 2.75) is 0 Å². The van der Waals surface area contributed by atoms with Gasteiger partial charge in [0.05, 0.1) is 23.2 Å². The molecule has 0 atom stereocenters. The summed E-state index contributed by atoms with van der Waals surface area (Å²) in [6.07, 6.45) is 4.43. The molecule has 0 radical (unpaired) electrons. The van der Waals surface area contributed by atoms with Crippen LogP contribution >= 0.6 is 0 Å². The molecule has 0 fully saturated rings. The molecular weight excluding hydrogens is 646 g/mol. The van der Waals surface area contributed by atoms with Gasteiger partial charge in [-0.25, -0.2) is 9.37 Å². The van der Waals surface area contributed by atoms with Crippen molar-refractivity contribution in [1.82, 2.24) is 14.8 Å². The number of hydrogen-bond acceptors (Lipinski definition) is 5. The van der Waals surface area contributed by atoms with E-state index in [4.69, 9.17) is 4.74 Å². The summed E-state index contributed by atoms with van der Waals surface area (Å²) in [6, 6.07) is 35.4. The SMILES string of the molecule is CN(c1[c-]c(Oc2[c-]c(-n3cccn3)c(F)c(F)c2F)cc(N(c2ccccc2)c2ccccc2)c1)c1ccccn1.[Pd+2]. The average molecular weight is 668 g/mol. The Hall–Kier alpha value is -4.91. The van der Waals surface area contributed by atoms with Crippen molar-refractivity contribution in [1.29, 1.82) is 0 Å². The number of aromatic nitrogens is 3. The molecule has 0 aliphatic heterocycles. The molecule has 0 spiro atoms. The second-order valence-corrected chi connectivity index (χ2v) is 9.14. The molecule has 0 aliphatic carbocycles. The summed E-state index contributed by atoms with van der Waals surface area (Å²) in [5.74, 6) is -4.65. The molecule has 4 aromatic carbocycles. The molecule has 6 rings (SSSR count). The van der Waals surface area contributed by atoms with Crippen LogP contribution in [0.15, 0.2) is 116 Å². The maximum Gasteiger partial charge on any atom is 2.00 e. The molecule has 216 valence electrons. The zero-order valence-corrected chi connectivity index (χ0v) is 24.1. The summed E-state index contributed by atoms with van der Waals surface area (Å²) in [6.45, 7) is 0. The fraction of sp³-hybridized carbons (Fsp3) is 0.0303. The number of halogens is 3. The number of pyridine rings is 1. The summed E-state index contributed by atoms with van der Waals surface area (Å²) in [7, 11) is 1.80. The van der Waals surface area contributed by atoms with E-state index in [1.807, 2.05) is 83.8 Å². The van der Waals surface area contributed by atoms with Crippen molar-refractivity contribution in [2.75, 3.05) is 16.8 Å². The molecule has 0 aliphatic rings. The first-order valence-corrected chi connectivity index (χ1v) is 12.9. The van der Waals surface area contributed by atoms with Crippen LogP contribution in [-0.2, 0) is 20.4 Å². The van der Waals surface area contributed by atoms with Crippen molar-refractivity contribution < 1.29 is 38.3 Å². The Morgan fingerprint density at radius 3 is 2.00 bits per heavy atom. The maximum atomic E-state index is 15.0. The van der Waals surface area contributed by atoms with E-state index in [0.717, 1.165) is 16.1 Å². The standard InChI is InChI=1S/C33H22F3N5O.Pd/c1-39(30-15-8-9-16-37-30)25-19-26(41(23-11-4-2-5-12-23)24-13-6-3-7-14-24)21-27(20-25)42-29-22-28(40-18-10-17-38-40)31(34)33(36)32(29)35;/h2-19,21H,1H3;/q-2;+2. The average Bonchev–Trinajstić information content (AvgIpc) is 3.57. The first-order chi connectivity index (χ1) is 20.5. The van der Waals surface area contributed by atoms with Crippen molar-refractivity contribution in [3.8, 4) is 17.2 Å². The van der Waals surface area contributed by atoms with E-state index in [-0.39, 0.29) is 26.2 Å². The van der Waals surface area contributed by atoms with E-state index < -0.39 is 28.9 Å². The third-order valence-electron chi connectivity index (χ3n) is 6.43. The second-order valence-electron chi connectivity index (χ2n) is 9.14. The van der Waals surface area contributed by atoms with Gasteiger partial charge in [0.2, 0.25) is 0 Å². The van der Waals surface area contributed by atoms with Crippen LogP contribution in [0.2, 0.25) is 0 Å². The molecule has 2 aromatic heterocycles. The zero-order chi connectivity index (χ0) is 29.1. The molecule has 0 N–H and O–H groups in total. The van der Waals surface area contributed by atoms with Crippen LogP contribution in [0.4, 0.5) is 41.7 Å². The van der Waals surface area contributed by atoms with E-state index >= 15 is 4.39 Å². The molecule has 0 saturated heterocycles. The van der Waals surface area contributed by atoms with E-state index in [0.29, 0.717) is 17.2 Å². The van der Waals surface area contributed by atoms with Crippen LogP contribution in [0.1, 0.15) is 0 Å². The first kappa shape index (κ1) is 29.6. The number of hydrogen-bond donors (Lipinski definition) is 0. The third kappa shape index (κ3) is 6.16. The Morgan fingerprint density at radius 1 is 0.721 bits per heavy atom. The zero-order valence-electron chi connectivity index (χ0n) is 22.6. The molecule has 6 nitrogen and oxygen atoms in total. The number of ether oxygens (including phenoxy) is 1. The molecule has 0 amide bonds. The number of benzene rings is 4. The molecule has 0 saturated carbocycles. The van der Waals surface area contributed by atoms with Gasteiger partial charge in [-0.15, -0.1) is 24.3 Å². The summed E-state index contributed by atoms with van der Waals surface area (Å²) in [5.41, 5.74) is 2.42. The Balaban J connectivity index is 0.00000368. The Morgan fingerprint density at radius 2 is 1.40 bits per heavy atom. The maximum absolute atomic E-state index is 15.0. The van der Waals surface area contributed by atoms with Gasteiger partial charge in [-0.05, 0) is 48.2 Å². The van der Waals surface area contributed by atoms with E-state index in [1.165, 1.54) is 18.5 Å². The van der Waals surface area contributed by atoms with Crippen LogP contribution in [0, 0.1) is 29.6 Å². The Kier molecular flexibility index (Phi) is 8.91. The monoisotopic (exact) mass is 667 g/mol. The Labute approximate surface area is 260 Å². The number of rotatable bonds is 8. The van der Waals surface area contributed by atoms with Crippen LogP contribution in [-0.4, -0.2) is 21.8 Å². The van der Waals surface area contributed by atoms with Crippen molar-refractivity contribution in [3.05, 3.63) is 145 Å². The van der Waals surface area contributed by atoms with Gasteiger partial charge in [-0.1, -0.05) is 53.8 Å². The third-order valence-corrected chi connectivity index (χ3v) is 6.43. The van der Waals surface area contributed by atoms with Crippen LogP contribution < -0.4 is 14.5 Å². The van der Waals surface area contributed by atoms with Crippen LogP contribution in [0.25, 0.3) is 5.69 Å². The largest absolute Gasteiger partial charge is 2.00 e. The van der Waals surface area contributed by atoms with E-state index in [9.17, 15) is 8.78 Å². The van der Waals surface area contributed by atoms with Crippen molar-refractivity contribution in [3.63, 3.8) is 0 Å². The molecule has 0 unspecified atom stereocenters. The molecule has 6 aromatic rings. The van der Waals surface area contributed by atoms with Gasteiger partial charge in [-0.3, -0.25) is 13.5 Å². The van der Waals surface area contributed by atoms with Gasteiger partial charge in [0.25, 0.3) is 0 Å². The first-order valence-electron chi connectivity index (χ1n) is 12.9. The number of nitrogens with zero attached hydrogens (tertiary/aromatic N) is 5. The predicted octanol–water partition coefficient (Wildman–Crippen LogP) is 8.31. The minimum atomic E-state index is -1.70. The molecular formula is C33H22F3N5OPd. The van der Waals surface area contributed by atoms with Gasteiger partial charge in [0.1, 0.15) is 5.82 Å². The number of para-hydroxylation sites is 2. The van der Waals surface area contributed by atoms with Crippen molar-refractivity contribution in [2.24, 2.45) is 0 Å². The topological polar surface area (TPSA) is 46.4 Å². The van der Waals surface area contributed by atoms with E-state index in [1.54, 1.807) is 30.3 Å². The van der Waals surface area contributed by atoms with Gasteiger partial charge < -0.3 is 14.5 Å². The second kappa shape index (κ2) is 12.9. The fourth-order valence-corrected chi connectivity index (χ4v) is 4.41. The minimum Gasteiger partial charge on any atom is -0.506 e. The number of anilines is 5. The summed E-state index contributed by atoms with van der Waals surface area (Å²) < 4.78 is 51.3. The fourth-order valence-electron chi connectivity index (χ4n) is 4.41. The molecule has 0 bridgehead atoms. The van der Waals surface area contributed by atoms with Gasteiger partial charge in [0, 0.05) is 42.8 Å². The molecule has 10 heteroatoms. The normalized spacial score (nSPS) is 10.6. The van der Waals surface area contributed by atoms with E-state index in [2.05, 4.69) is 22.2 Å². The van der Waals surface area contributed by atoms with Crippen molar-refractivity contribution >= 4 is 28.6 Å². The summed E-state index contributed by atoms with van der Waals surface area (Å²) in [4.78, 5) is 8.19. The van der Waals surface area contributed by atoms with Gasteiger partial charge in [-0.2, -0.15) is 5.10 Å². The predicted molar refractivity (Wildman–Crippen MR) is 155 cm³/mol. The molecule has 43 heavy (non-hydrogen) atoms. The van der Waals surface area contributed by atoms with Crippen LogP contribution in [0.5, 0.6) is 11.5 Å². The quantitative estimate of drug-likeness (QED) is 0.0929.